The van der Waals surface area contributed by atoms with E-state index in [4.69, 9.17) is 10.9 Å². The van der Waals surface area contributed by atoms with Crippen molar-refractivity contribution in [2.24, 2.45) is 23.4 Å². The van der Waals surface area contributed by atoms with Crippen molar-refractivity contribution < 1.29 is 5.21 Å². The average molecular weight is 265 g/mol. The first-order valence-corrected chi connectivity index (χ1v) is 6.62. The van der Waals surface area contributed by atoms with Crippen molar-refractivity contribution in [3.8, 4) is 0 Å². The third-order valence-electron chi connectivity index (χ3n) is 3.97. The molecule has 2 heterocycles. The molecule has 0 bridgehead atoms. The fourth-order valence-corrected chi connectivity index (χ4v) is 2.68. The first-order valence-electron chi connectivity index (χ1n) is 6.62. The molecule has 1 fully saturated rings. The van der Waals surface area contributed by atoms with E-state index in [-0.39, 0.29) is 5.84 Å². The molecule has 1 aliphatic heterocycles. The summed E-state index contributed by atoms with van der Waals surface area (Å²) in [6, 6.07) is 0. The molecule has 0 amide bonds. The Kier molecular flexibility index (Phi) is 3.43. The zero-order valence-electron chi connectivity index (χ0n) is 12.1. The molecule has 0 saturated carbocycles. The Morgan fingerprint density at radius 2 is 1.95 bits per heavy atom. The lowest BCUT2D eigenvalue weighted by Crippen LogP contribution is -2.39. The molecular weight excluding hydrogens is 242 g/mol. The highest BCUT2D eigenvalue weighted by Gasteiger charge is 2.29. The molecule has 6 heteroatoms. The Bertz CT molecular complexity index is 493. The number of hydrogen-bond acceptors (Lipinski definition) is 4. The second kappa shape index (κ2) is 4.75. The van der Waals surface area contributed by atoms with Crippen LogP contribution in [0.5, 0.6) is 0 Å². The van der Waals surface area contributed by atoms with E-state index in [0.717, 1.165) is 43.0 Å². The molecule has 0 aromatic carbocycles. The molecule has 19 heavy (non-hydrogen) atoms. The fourth-order valence-electron chi connectivity index (χ4n) is 2.68. The van der Waals surface area contributed by atoms with Crippen LogP contribution in [0, 0.1) is 12.3 Å². The molecular formula is C13H23N5O. The maximum atomic E-state index is 8.94. The number of rotatable bonds is 2. The van der Waals surface area contributed by atoms with Crippen molar-refractivity contribution >= 4 is 11.7 Å². The normalized spacial score (nSPS) is 19.8. The Morgan fingerprint density at radius 1 is 1.37 bits per heavy atom. The van der Waals surface area contributed by atoms with Crippen LogP contribution >= 0.6 is 0 Å². The molecule has 0 radical (unpaired) electrons. The summed E-state index contributed by atoms with van der Waals surface area (Å²) < 4.78 is 1.82. The Balaban J connectivity index is 2.35. The summed E-state index contributed by atoms with van der Waals surface area (Å²) in [6.45, 7) is 8.41. The minimum atomic E-state index is 0.130. The van der Waals surface area contributed by atoms with Crippen molar-refractivity contribution in [3.05, 3.63) is 11.3 Å². The number of nitrogens with zero attached hydrogens (tertiary/aromatic N) is 4. The summed E-state index contributed by atoms with van der Waals surface area (Å²) in [6.07, 6.45) is 2.26. The van der Waals surface area contributed by atoms with Gasteiger partial charge in [-0.1, -0.05) is 19.0 Å². The number of aryl methyl sites for hydroxylation is 2. The van der Waals surface area contributed by atoms with E-state index in [9.17, 15) is 0 Å². The highest BCUT2D eigenvalue weighted by molar-refractivity contribution is 6.02. The van der Waals surface area contributed by atoms with Gasteiger partial charge in [-0.25, -0.2) is 0 Å². The molecule has 1 aliphatic rings. The quantitative estimate of drug-likeness (QED) is 0.367. The topological polar surface area (TPSA) is 79.7 Å². The van der Waals surface area contributed by atoms with Crippen LogP contribution < -0.4 is 10.6 Å². The Hall–Kier alpha value is -1.72. The second-order valence-electron chi connectivity index (χ2n) is 6.04. The summed E-state index contributed by atoms with van der Waals surface area (Å²) in [5.74, 6) is 1.08. The highest BCUT2D eigenvalue weighted by Crippen LogP contribution is 2.33. The zero-order chi connectivity index (χ0) is 14.2. The maximum Gasteiger partial charge on any atom is 0.175 e. The van der Waals surface area contributed by atoms with E-state index >= 15 is 0 Å². The van der Waals surface area contributed by atoms with Gasteiger partial charge in [-0.2, -0.15) is 5.10 Å². The molecule has 1 aromatic rings. The van der Waals surface area contributed by atoms with Gasteiger partial charge >= 0.3 is 0 Å². The van der Waals surface area contributed by atoms with Gasteiger partial charge in [0, 0.05) is 20.1 Å². The molecule has 6 nitrogen and oxygen atoms in total. The molecule has 2 rings (SSSR count). The van der Waals surface area contributed by atoms with Gasteiger partial charge in [0.2, 0.25) is 0 Å². The van der Waals surface area contributed by atoms with Gasteiger partial charge in [-0.3, -0.25) is 4.68 Å². The molecule has 106 valence electrons. The molecule has 1 saturated heterocycles. The van der Waals surface area contributed by atoms with Crippen molar-refractivity contribution in [1.82, 2.24) is 9.78 Å². The van der Waals surface area contributed by atoms with Crippen LogP contribution in [0.3, 0.4) is 0 Å². The van der Waals surface area contributed by atoms with Crippen LogP contribution in [-0.4, -0.2) is 33.9 Å². The Morgan fingerprint density at radius 3 is 2.47 bits per heavy atom. The number of aromatic nitrogens is 2. The fraction of sp³-hybridized carbons (Fsp3) is 0.692. The number of anilines is 1. The summed E-state index contributed by atoms with van der Waals surface area (Å²) in [5.41, 5.74) is 7.71. The van der Waals surface area contributed by atoms with E-state index in [0.29, 0.717) is 5.41 Å². The Labute approximate surface area is 113 Å². The van der Waals surface area contributed by atoms with Crippen molar-refractivity contribution in [2.75, 3.05) is 18.0 Å². The first kappa shape index (κ1) is 13.7. The summed E-state index contributed by atoms with van der Waals surface area (Å²) in [5, 5.41) is 16.5. The SMILES string of the molecule is Cc1nn(C)c(N2CCC(C)(C)CC2)c1C(N)=NO. The van der Waals surface area contributed by atoms with Crippen LogP contribution in [0.4, 0.5) is 5.82 Å². The monoisotopic (exact) mass is 265 g/mol. The predicted molar refractivity (Wildman–Crippen MR) is 75.7 cm³/mol. The number of nitrogens with two attached hydrogens (primary N) is 1. The van der Waals surface area contributed by atoms with E-state index < -0.39 is 0 Å². The van der Waals surface area contributed by atoms with E-state index in [1.54, 1.807) is 0 Å². The molecule has 0 unspecified atom stereocenters. The number of hydrogen-bond donors (Lipinski definition) is 2. The van der Waals surface area contributed by atoms with Gasteiger partial charge in [0.25, 0.3) is 0 Å². The highest BCUT2D eigenvalue weighted by atomic mass is 16.4. The van der Waals surface area contributed by atoms with Gasteiger partial charge in [-0.05, 0) is 25.2 Å². The van der Waals surface area contributed by atoms with Crippen LogP contribution in [0.15, 0.2) is 5.16 Å². The summed E-state index contributed by atoms with van der Waals surface area (Å²) in [4.78, 5) is 2.28. The van der Waals surface area contributed by atoms with Crippen molar-refractivity contribution in [1.29, 1.82) is 0 Å². The van der Waals surface area contributed by atoms with Crippen molar-refractivity contribution in [3.63, 3.8) is 0 Å². The molecule has 0 aliphatic carbocycles. The summed E-state index contributed by atoms with van der Waals surface area (Å²) >= 11 is 0. The van der Waals surface area contributed by atoms with Gasteiger partial charge < -0.3 is 15.8 Å². The molecule has 3 N–H and O–H groups in total. The average Bonchev–Trinajstić information content (AvgIpc) is 2.63. The van der Waals surface area contributed by atoms with E-state index in [2.05, 4.69) is 29.0 Å². The number of oxime groups is 1. The lowest BCUT2D eigenvalue weighted by molar-refractivity contribution is 0.278. The maximum absolute atomic E-state index is 8.94. The zero-order valence-corrected chi connectivity index (χ0v) is 12.1. The molecule has 1 aromatic heterocycles. The largest absolute Gasteiger partial charge is 0.409 e. The van der Waals surface area contributed by atoms with Gasteiger partial charge in [0.1, 0.15) is 5.82 Å². The second-order valence-corrected chi connectivity index (χ2v) is 6.04. The third kappa shape index (κ3) is 2.52. The molecule has 0 spiro atoms. The minimum Gasteiger partial charge on any atom is -0.409 e. The predicted octanol–water partition coefficient (Wildman–Crippen LogP) is 1.45. The van der Waals surface area contributed by atoms with Gasteiger partial charge in [0.05, 0.1) is 11.3 Å². The minimum absolute atomic E-state index is 0.130. The van der Waals surface area contributed by atoms with Crippen LogP contribution in [0.25, 0.3) is 0 Å². The standard InChI is InChI=1S/C13H23N5O/c1-9-10(11(14)16-19)12(17(4)15-9)18-7-5-13(2,3)6-8-18/h19H,5-8H2,1-4H3,(H2,14,16). The van der Waals surface area contributed by atoms with Gasteiger partial charge in [-0.15, -0.1) is 0 Å². The van der Waals surface area contributed by atoms with E-state index in [1.165, 1.54) is 0 Å². The van der Waals surface area contributed by atoms with Crippen molar-refractivity contribution in [2.45, 2.75) is 33.6 Å². The first-order chi connectivity index (χ1) is 8.85. The lowest BCUT2D eigenvalue weighted by atomic mass is 9.82. The number of amidine groups is 1. The van der Waals surface area contributed by atoms with Crippen LogP contribution in [-0.2, 0) is 7.05 Å². The third-order valence-corrected chi connectivity index (χ3v) is 3.97. The summed E-state index contributed by atoms with van der Waals surface area (Å²) in [7, 11) is 1.90. The lowest BCUT2D eigenvalue weighted by Gasteiger charge is -2.38. The van der Waals surface area contributed by atoms with Gasteiger partial charge in [0.15, 0.2) is 5.84 Å². The number of piperidine rings is 1. The smallest absolute Gasteiger partial charge is 0.175 e. The van der Waals surface area contributed by atoms with Crippen LogP contribution in [0.1, 0.15) is 37.9 Å². The van der Waals surface area contributed by atoms with E-state index in [1.807, 2.05) is 18.7 Å². The van der Waals surface area contributed by atoms with Crippen LogP contribution in [0.2, 0.25) is 0 Å². The molecule has 0 atom stereocenters.